The number of ether oxygens (including phenoxy) is 2. The van der Waals surface area contributed by atoms with E-state index in [4.69, 9.17) is 9.47 Å². The third-order valence-corrected chi connectivity index (χ3v) is 3.72. The van der Waals surface area contributed by atoms with Gasteiger partial charge in [-0.3, -0.25) is 4.79 Å². The number of carbonyl (C=O) groups excluding carboxylic acids is 1. The number of aryl methyl sites for hydroxylation is 1. The SMILES string of the molecule is CC(C)NCC(O)COc1ccc(CCC(=O)Oc2ccccc2)cc1. The van der Waals surface area contributed by atoms with E-state index in [-0.39, 0.29) is 12.6 Å². The number of para-hydroxylation sites is 1. The van der Waals surface area contributed by atoms with Gasteiger partial charge in [-0.15, -0.1) is 0 Å². The van der Waals surface area contributed by atoms with Crippen LogP contribution >= 0.6 is 0 Å². The number of benzene rings is 2. The van der Waals surface area contributed by atoms with Gasteiger partial charge in [0.15, 0.2) is 0 Å². The van der Waals surface area contributed by atoms with E-state index >= 15 is 0 Å². The molecule has 140 valence electrons. The van der Waals surface area contributed by atoms with Gasteiger partial charge in [-0.05, 0) is 36.2 Å². The zero-order valence-electron chi connectivity index (χ0n) is 15.4. The van der Waals surface area contributed by atoms with Crippen molar-refractivity contribution in [1.29, 1.82) is 0 Å². The lowest BCUT2D eigenvalue weighted by Crippen LogP contribution is -2.35. The molecule has 1 unspecified atom stereocenters. The molecule has 0 fully saturated rings. The minimum absolute atomic E-state index is 0.239. The van der Waals surface area contributed by atoms with Crippen molar-refractivity contribution in [2.75, 3.05) is 13.2 Å². The first-order valence-electron chi connectivity index (χ1n) is 8.92. The lowest BCUT2D eigenvalue weighted by Gasteiger charge is -2.15. The van der Waals surface area contributed by atoms with Crippen LogP contribution in [0.2, 0.25) is 0 Å². The number of rotatable bonds is 10. The molecule has 0 aromatic heterocycles. The maximum Gasteiger partial charge on any atom is 0.311 e. The molecule has 0 heterocycles. The molecule has 5 nitrogen and oxygen atoms in total. The van der Waals surface area contributed by atoms with Crippen molar-refractivity contribution >= 4 is 5.97 Å². The van der Waals surface area contributed by atoms with Crippen molar-refractivity contribution in [3.63, 3.8) is 0 Å². The summed E-state index contributed by atoms with van der Waals surface area (Å²) < 4.78 is 10.8. The Kier molecular flexibility index (Phi) is 8.12. The molecule has 0 amide bonds. The summed E-state index contributed by atoms with van der Waals surface area (Å²) in [7, 11) is 0. The van der Waals surface area contributed by atoms with E-state index < -0.39 is 6.10 Å². The summed E-state index contributed by atoms with van der Waals surface area (Å²) in [6, 6.07) is 16.9. The number of aliphatic hydroxyl groups is 1. The molecule has 0 spiro atoms. The molecule has 0 radical (unpaired) electrons. The van der Waals surface area contributed by atoms with Crippen LogP contribution in [0.3, 0.4) is 0 Å². The van der Waals surface area contributed by atoms with Gasteiger partial charge >= 0.3 is 5.97 Å². The minimum Gasteiger partial charge on any atom is -0.491 e. The van der Waals surface area contributed by atoms with E-state index in [1.54, 1.807) is 12.1 Å². The highest BCUT2D eigenvalue weighted by atomic mass is 16.5. The minimum atomic E-state index is -0.551. The highest BCUT2D eigenvalue weighted by Gasteiger charge is 2.07. The Labute approximate surface area is 155 Å². The number of aliphatic hydroxyl groups excluding tert-OH is 1. The normalized spacial score (nSPS) is 12.0. The number of nitrogens with one attached hydrogen (secondary N) is 1. The summed E-state index contributed by atoms with van der Waals surface area (Å²) in [6.07, 6.45) is 0.367. The topological polar surface area (TPSA) is 67.8 Å². The van der Waals surface area contributed by atoms with Crippen molar-refractivity contribution in [1.82, 2.24) is 5.32 Å². The van der Waals surface area contributed by atoms with Gasteiger partial charge in [0.2, 0.25) is 0 Å². The highest BCUT2D eigenvalue weighted by molar-refractivity contribution is 5.72. The molecular formula is C21H27NO4. The maximum absolute atomic E-state index is 11.9. The van der Waals surface area contributed by atoms with Crippen LogP contribution in [0, 0.1) is 0 Å². The molecule has 2 aromatic rings. The lowest BCUT2D eigenvalue weighted by molar-refractivity contribution is -0.134. The van der Waals surface area contributed by atoms with Crippen LogP contribution in [-0.4, -0.2) is 36.4 Å². The van der Waals surface area contributed by atoms with Crippen molar-refractivity contribution in [3.8, 4) is 11.5 Å². The van der Waals surface area contributed by atoms with Crippen molar-refractivity contribution < 1.29 is 19.4 Å². The van der Waals surface area contributed by atoms with E-state index in [0.717, 1.165) is 5.56 Å². The molecule has 26 heavy (non-hydrogen) atoms. The number of hydrogen-bond acceptors (Lipinski definition) is 5. The number of carbonyl (C=O) groups is 1. The second-order valence-electron chi connectivity index (χ2n) is 6.46. The maximum atomic E-state index is 11.9. The smallest absolute Gasteiger partial charge is 0.311 e. The third kappa shape index (κ3) is 7.68. The fourth-order valence-corrected chi connectivity index (χ4v) is 2.29. The predicted molar refractivity (Wildman–Crippen MR) is 101 cm³/mol. The second kappa shape index (κ2) is 10.6. The second-order valence-corrected chi connectivity index (χ2v) is 6.46. The monoisotopic (exact) mass is 357 g/mol. The lowest BCUT2D eigenvalue weighted by atomic mass is 10.1. The molecular weight excluding hydrogens is 330 g/mol. The molecule has 0 aliphatic rings. The van der Waals surface area contributed by atoms with E-state index in [0.29, 0.717) is 36.9 Å². The van der Waals surface area contributed by atoms with Crippen LogP contribution in [0.25, 0.3) is 0 Å². The van der Waals surface area contributed by atoms with Crippen LogP contribution in [0.4, 0.5) is 0 Å². The molecule has 2 rings (SSSR count). The van der Waals surface area contributed by atoms with Gasteiger partial charge in [0, 0.05) is 19.0 Å². The van der Waals surface area contributed by atoms with Crippen molar-refractivity contribution in [3.05, 3.63) is 60.2 Å². The first-order chi connectivity index (χ1) is 12.5. The quantitative estimate of drug-likeness (QED) is 0.505. The largest absolute Gasteiger partial charge is 0.491 e. The van der Waals surface area contributed by atoms with E-state index in [1.165, 1.54) is 0 Å². The van der Waals surface area contributed by atoms with Crippen LogP contribution < -0.4 is 14.8 Å². The van der Waals surface area contributed by atoms with Gasteiger partial charge in [0.25, 0.3) is 0 Å². The van der Waals surface area contributed by atoms with Gasteiger partial charge < -0.3 is 19.9 Å². The Morgan fingerprint density at radius 1 is 1.04 bits per heavy atom. The molecule has 0 saturated heterocycles. The molecule has 0 bridgehead atoms. The van der Waals surface area contributed by atoms with E-state index in [2.05, 4.69) is 5.32 Å². The number of hydrogen-bond donors (Lipinski definition) is 2. The average Bonchev–Trinajstić information content (AvgIpc) is 2.64. The Morgan fingerprint density at radius 3 is 2.38 bits per heavy atom. The standard InChI is InChI=1S/C21H27NO4/c1-16(2)22-14-18(23)15-25-19-11-8-17(9-12-19)10-13-21(24)26-20-6-4-3-5-7-20/h3-9,11-12,16,18,22-23H,10,13-15H2,1-2H3. The first-order valence-corrected chi connectivity index (χ1v) is 8.92. The van der Waals surface area contributed by atoms with Crippen LogP contribution in [0.15, 0.2) is 54.6 Å². The summed E-state index contributed by atoms with van der Waals surface area (Å²) in [6.45, 7) is 4.80. The molecule has 2 aromatic carbocycles. The molecule has 2 N–H and O–H groups in total. The fourth-order valence-electron chi connectivity index (χ4n) is 2.29. The summed E-state index contributed by atoms with van der Waals surface area (Å²) in [5.74, 6) is 1.01. The Balaban J connectivity index is 1.70. The molecule has 0 aliphatic carbocycles. The first kappa shape index (κ1) is 19.9. The van der Waals surface area contributed by atoms with Crippen LogP contribution in [0.5, 0.6) is 11.5 Å². The average molecular weight is 357 g/mol. The molecule has 1 atom stereocenters. The zero-order chi connectivity index (χ0) is 18.8. The summed E-state index contributed by atoms with van der Waals surface area (Å²) in [4.78, 5) is 11.9. The van der Waals surface area contributed by atoms with Gasteiger partial charge in [0.1, 0.15) is 24.2 Å². The summed E-state index contributed by atoms with van der Waals surface area (Å²) in [5.41, 5.74) is 1.03. The van der Waals surface area contributed by atoms with Crippen LogP contribution in [0.1, 0.15) is 25.8 Å². The highest BCUT2D eigenvalue weighted by Crippen LogP contribution is 2.15. The molecule has 0 aliphatic heterocycles. The summed E-state index contributed by atoms with van der Waals surface area (Å²) >= 11 is 0. The van der Waals surface area contributed by atoms with Gasteiger partial charge in [-0.1, -0.05) is 44.2 Å². The molecule has 5 heteroatoms. The van der Waals surface area contributed by atoms with Gasteiger partial charge in [-0.25, -0.2) is 0 Å². The van der Waals surface area contributed by atoms with Gasteiger partial charge in [-0.2, -0.15) is 0 Å². The molecule has 0 saturated carbocycles. The van der Waals surface area contributed by atoms with Crippen LogP contribution in [-0.2, 0) is 11.2 Å². The zero-order valence-corrected chi connectivity index (χ0v) is 15.4. The van der Waals surface area contributed by atoms with Gasteiger partial charge in [0.05, 0.1) is 0 Å². The van der Waals surface area contributed by atoms with Crippen molar-refractivity contribution in [2.45, 2.75) is 38.8 Å². The number of esters is 1. The third-order valence-electron chi connectivity index (χ3n) is 3.72. The van der Waals surface area contributed by atoms with E-state index in [1.807, 2.05) is 56.3 Å². The predicted octanol–water partition coefficient (Wildman–Crippen LogP) is 2.96. The van der Waals surface area contributed by atoms with Crippen molar-refractivity contribution in [2.24, 2.45) is 0 Å². The Bertz CT molecular complexity index is 655. The summed E-state index contributed by atoms with van der Waals surface area (Å²) in [5, 5.41) is 13.0. The van der Waals surface area contributed by atoms with E-state index in [9.17, 15) is 9.90 Å². The Hall–Kier alpha value is -2.37. The fraction of sp³-hybridized carbons (Fsp3) is 0.381. The Morgan fingerprint density at radius 2 is 1.73 bits per heavy atom.